The number of hydrogen-bond donors (Lipinski definition) is 0. The summed E-state index contributed by atoms with van der Waals surface area (Å²) in [5, 5.41) is 5.05. The highest BCUT2D eigenvalue weighted by Crippen LogP contribution is 2.25. The molecule has 1 heterocycles. The van der Waals surface area contributed by atoms with Crippen molar-refractivity contribution >= 4 is 37.6 Å². The van der Waals surface area contributed by atoms with Crippen molar-refractivity contribution in [2.45, 2.75) is 24.7 Å². The molecular weight excluding hydrogens is 440 g/mol. The van der Waals surface area contributed by atoms with Crippen molar-refractivity contribution in [1.29, 1.82) is 0 Å². The average molecular weight is 456 g/mol. The molecule has 3 rings (SSSR count). The quantitative estimate of drug-likeness (QED) is 0.490. The summed E-state index contributed by atoms with van der Waals surface area (Å²) in [6.45, 7) is 2.03. The van der Waals surface area contributed by atoms with Gasteiger partial charge in [-0.15, -0.1) is 0 Å². The third-order valence-electron chi connectivity index (χ3n) is 3.60. The van der Waals surface area contributed by atoms with Crippen LogP contribution in [-0.2, 0) is 16.5 Å². The number of halogens is 2. The predicted octanol–water partition coefficient (Wildman–Crippen LogP) is 5.01. The van der Waals surface area contributed by atoms with Crippen molar-refractivity contribution in [2.75, 3.05) is 0 Å². The number of nitrogens with zero attached hydrogens (tertiary/aromatic N) is 2. The van der Waals surface area contributed by atoms with Crippen molar-refractivity contribution in [2.24, 2.45) is 0 Å². The summed E-state index contributed by atoms with van der Waals surface area (Å²) in [7, 11) is -3.98. The Labute approximate surface area is 165 Å². The maximum atomic E-state index is 12.6. The molecule has 0 radical (unpaired) electrons. The third-order valence-corrected chi connectivity index (χ3v) is 5.62. The Morgan fingerprint density at radius 3 is 2.38 bits per heavy atom. The number of aryl methyl sites for hydroxylation is 1. The molecule has 0 unspecified atom stereocenters. The fourth-order valence-corrected chi connectivity index (χ4v) is 3.68. The normalized spacial score (nSPS) is 11.5. The van der Waals surface area contributed by atoms with Crippen LogP contribution in [0.5, 0.6) is 5.88 Å². The summed E-state index contributed by atoms with van der Waals surface area (Å²) in [5.74, 6) is 0.138. The summed E-state index contributed by atoms with van der Waals surface area (Å²) in [5.41, 5.74) is 1.42. The van der Waals surface area contributed by atoms with Crippen molar-refractivity contribution in [1.82, 2.24) is 9.78 Å². The highest BCUT2D eigenvalue weighted by Gasteiger charge is 2.21. The minimum atomic E-state index is -3.98. The zero-order valence-corrected chi connectivity index (χ0v) is 17.1. The maximum absolute atomic E-state index is 12.6. The van der Waals surface area contributed by atoms with Crippen molar-refractivity contribution < 1.29 is 12.6 Å². The van der Waals surface area contributed by atoms with Gasteiger partial charge in [-0.25, -0.2) is 0 Å². The maximum Gasteiger partial charge on any atom is 0.340 e. The van der Waals surface area contributed by atoms with Crippen LogP contribution in [0, 0.1) is 0 Å². The Bertz CT molecular complexity index is 1000. The van der Waals surface area contributed by atoms with Gasteiger partial charge < -0.3 is 4.18 Å². The van der Waals surface area contributed by atoms with Gasteiger partial charge in [-0.3, -0.25) is 0 Å². The van der Waals surface area contributed by atoms with Gasteiger partial charge in [0.25, 0.3) is 0 Å². The van der Waals surface area contributed by atoms with Gasteiger partial charge in [0.1, 0.15) is 4.90 Å². The summed E-state index contributed by atoms with van der Waals surface area (Å²) >= 11 is 9.22. The van der Waals surface area contributed by atoms with Crippen LogP contribution in [0.2, 0.25) is 5.02 Å². The Morgan fingerprint density at radius 2 is 1.77 bits per heavy atom. The molecule has 8 heteroatoms. The number of hydrogen-bond acceptors (Lipinski definition) is 4. The second-order valence-corrected chi connectivity index (χ2v) is 8.50. The number of aromatic nitrogens is 2. The molecule has 0 amide bonds. The molecule has 3 aromatic rings. The van der Waals surface area contributed by atoms with E-state index in [4.69, 9.17) is 15.8 Å². The van der Waals surface area contributed by atoms with E-state index in [0.717, 1.165) is 23.0 Å². The Hall–Kier alpha value is -1.83. The molecule has 0 aliphatic rings. The van der Waals surface area contributed by atoms with Crippen LogP contribution in [0.3, 0.4) is 0 Å². The minimum Gasteiger partial charge on any atom is -0.358 e. The monoisotopic (exact) mass is 454 g/mol. The summed E-state index contributed by atoms with van der Waals surface area (Å²) in [6, 6.07) is 14.8. The zero-order chi connectivity index (χ0) is 18.7. The molecule has 26 heavy (non-hydrogen) atoms. The Kier molecular flexibility index (Phi) is 5.70. The van der Waals surface area contributed by atoms with Gasteiger partial charge in [0.05, 0.1) is 11.4 Å². The van der Waals surface area contributed by atoms with E-state index in [0.29, 0.717) is 10.7 Å². The summed E-state index contributed by atoms with van der Waals surface area (Å²) in [6.07, 6.45) is 1.60. The standard InChI is InChI=1S/C18H16BrClN2O3S/c1-2-3-15-12-18(22(21-15)16-8-6-14(20)7-9-16)25-26(23,24)17-10-4-13(19)5-11-17/h4-12H,2-3H2,1H3. The minimum absolute atomic E-state index is 0.0709. The molecule has 1 aromatic heterocycles. The van der Waals surface area contributed by atoms with E-state index >= 15 is 0 Å². The first kappa shape index (κ1) is 18.9. The van der Waals surface area contributed by atoms with Gasteiger partial charge in [-0.05, 0) is 55.0 Å². The molecule has 0 N–H and O–H groups in total. The van der Waals surface area contributed by atoms with Gasteiger partial charge in [-0.2, -0.15) is 18.2 Å². The van der Waals surface area contributed by atoms with E-state index in [9.17, 15) is 8.42 Å². The van der Waals surface area contributed by atoms with Crippen LogP contribution >= 0.6 is 27.5 Å². The number of rotatable bonds is 6. The SMILES string of the molecule is CCCc1cc(OS(=O)(=O)c2ccc(Br)cc2)n(-c2ccc(Cl)cc2)n1. The average Bonchev–Trinajstić information content (AvgIpc) is 2.98. The van der Waals surface area contributed by atoms with E-state index in [1.165, 1.54) is 16.8 Å². The molecular formula is C18H16BrClN2O3S. The smallest absolute Gasteiger partial charge is 0.340 e. The summed E-state index contributed by atoms with van der Waals surface area (Å²) in [4.78, 5) is 0.0709. The van der Waals surface area contributed by atoms with Crippen LogP contribution < -0.4 is 4.18 Å². The Morgan fingerprint density at radius 1 is 1.12 bits per heavy atom. The van der Waals surface area contributed by atoms with Crippen molar-refractivity contribution in [3.05, 3.63) is 69.8 Å². The van der Waals surface area contributed by atoms with Gasteiger partial charge in [0.2, 0.25) is 5.88 Å². The molecule has 0 bridgehead atoms. The first-order valence-corrected chi connectivity index (χ1v) is 10.5. The van der Waals surface area contributed by atoms with E-state index in [-0.39, 0.29) is 10.8 Å². The van der Waals surface area contributed by atoms with Gasteiger partial charge in [-0.1, -0.05) is 40.9 Å². The highest BCUT2D eigenvalue weighted by molar-refractivity contribution is 9.10. The lowest BCUT2D eigenvalue weighted by Gasteiger charge is -2.09. The summed E-state index contributed by atoms with van der Waals surface area (Å²) < 4.78 is 32.9. The molecule has 0 saturated carbocycles. The first-order chi connectivity index (χ1) is 12.4. The van der Waals surface area contributed by atoms with E-state index in [1.807, 2.05) is 6.92 Å². The molecule has 0 spiro atoms. The molecule has 0 aliphatic carbocycles. The van der Waals surface area contributed by atoms with Crippen LogP contribution in [0.25, 0.3) is 5.69 Å². The molecule has 2 aromatic carbocycles. The van der Waals surface area contributed by atoms with E-state index in [2.05, 4.69) is 21.0 Å². The van der Waals surface area contributed by atoms with Crippen molar-refractivity contribution in [3.63, 3.8) is 0 Å². The van der Waals surface area contributed by atoms with Gasteiger partial charge in [0, 0.05) is 15.6 Å². The van der Waals surface area contributed by atoms with Crippen molar-refractivity contribution in [3.8, 4) is 11.6 Å². The van der Waals surface area contributed by atoms with Crippen LogP contribution in [0.15, 0.2) is 64.0 Å². The second kappa shape index (κ2) is 7.82. The fourth-order valence-electron chi connectivity index (χ4n) is 2.38. The lowest BCUT2D eigenvalue weighted by Crippen LogP contribution is -2.12. The van der Waals surface area contributed by atoms with E-state index < -0.39 is 10.1 Å². The Balaban J connectivity index is 2.00. The topological polar surface area (TPSA) is 61.2 Å². The van der Waals surface area contributed by atoms with Crippen LogP contribution in [0.4, 0.5) is 0 Å². The van der Waals surface area contributed by atoms with Crippen LogP contribution in [-0.4, -0.2) is 18.2 Å². The lowest BCUT2D eigenvalue weighted by atomic mass is 10.3. The fraction of sp³-hybridized carbons (Fsp3) is 0.167. The molecule has 136 valence electrons. The molecule has 0 fully saturated rings. The second-order valence-electron chi connectivity index (χ2n) is 5.60. The molecule has 0 aliphatic heterocycles. The number of benzene rings is 2. The largest absolute Gasteiger partial charge is 0.358 e. The molecule has 0 atom stereocenters. The third kappa shape index (κ3) is 4.28. The van der Waals surface area contributed by atoms with Gasteiger partial charge in [0.15, 0.2) is 0 Å². The van der Waals surface area contributed by atoms with E-state index in [1.54, 1.807) is 42.5 Å². The molecule has 5 nitrogen and oxygen atoms in total. The van der Waals surface area contributed by atoms with Crippen LogP contribution in [0.1, 0.15) is 19.0 Å². The van der Waals surface area contributed by atoms with Gasteiger partial charge >= 0.3 is 10.1 Å². The highest BCUT2D eigenvalue weighted by atomic mass is 79.9. The zero-order valence-electron chi connectivity index (χ0n) is 13.9. The first-order valence-electron chi connectivity index (χ1n) is 7.94. The lowest BCUT2D eigenvalue weighted by molar-refractivity contribution is 0.465. The predicted molar refractivity (Wildman–Crippen MR) is 105 cm³/mol. The molecule has 0 saturated heterocycles.